The lowest BCUT2D eigenvalue weighted by Gasteiger charge is -2.32. The van der Waals surface area contributed by atoms with Crippen LogP contribution in [0.3, 0.4) is 0 Å². The van der Waals surface area contributed by atoms with Gasteiger partial charge in [0.2, 0.25) is 0 Å². The number of fused-ring (bicyclic) bond motifs is 1. The minimum atomic E-state index is -0.386. The Morgan fingerprint density at radius 3 is 2.88 bits per heavy atom. The van der Waals surface area contributed by atoms with Crippen molar-refractivity contribution in [3.8, 4) is 5.75 Å². The van der Waals surface area contributed by atoms with Crippen molar-refractivity contribution in [2.75, 3.05) is 25.7 Å². The highest BCUT2D eigenvalue weighted by Gasteiger charge is 2.30. The van der Waals surface area contributed by atoms with Crippen LogP contribution in [-0.4, -0.2) is 26.9 Å². The Labute approximate surface area is 100 Å². The zero-order valence-corrected chi connectivity index (χ0v) is 9.97. The standard InChI is InChI=1S/C12H16N2O3/c1-16-10-5-3-4-8-9(13)6-7-14(11(8)10)12(15)17-2/h3-5,9H,6-7,13H2,1-2H3. The minimum Gasteiger partial charge on any atom is -0.495 e. The Hall–Kier alpha value is -1.75. The van der Waals surface area contributed by atoms with Gasteiger partial charge in [-0.05, 0) is 18.1 Å². The molecule has 0 bridgehead atoms. The Bertz CT molecular complexity index is 434. The maximum Gasteiger partial charge on any atom is 0.414 e. The molecule has 17 heavy (non-hydrogen) atoms. The molecule has 1 amide bonds. The molecule has 1 heterocycles. The zero-order chi connectivity index (χ0) is 12.4. The number of carbonyl (C=O) groups is 1. The third-order valence-electron chi connectivity index (χ3n) is 2.98. The first-order chi connectivity index (χ1) is 8.19. The molecular weight excluding hydrogens is 220 g/mol. The molecule has 0 aliphatic carbocycles. The molecule has 92 valence electrons. The summed E-state index contributed by atoms with van der Waals surface area (Å²) in [7, 11) is 2.94. The van der Waals surface area contributed by atoms with E-state index in [1.165, 1.54) is 7.11 Å². The van der Waals surface area contributed by atoms with Crippen molar-refractivity contribution in [1.29, 1.82) is 0 Å². The van der Waals surface area contributed by atoms with E-state index in [-0.39, 0.29) is 12.1 Å². The first kappa shape index (κ1) is 11.7. The zero-order valence-electron chi connectivity index (χ0n) is 9.97. The molecule has 1 aromatic rings. The molecule has 0 saturated carbocycles. The third kappa shape index (κ3) is 1.93. The molecular formula is C12H16N2O3. The molecule has 0 saturated heterocycles. The summed E-state index contributed by atoms with van der Waals surface area (Å²) in [5.74, 6) is 0.642. The van der Waals surface area contributed by atoms with E-state index in [0.717, 1.165) is 17.7 Å². The number of nitrogens with zero attached hydrogens (tertiary/aromatic N) is 1. The summed E-state index contributed by atoms with van der Waals surface area (Å²) < 4.78 is 10.1. The van der Waals surface area contributed by atoms with Crippen molar-refractivity contribution in [2.24, 2.45) is 5.73 Å². The summed E-state index contributed by atoms with van der Waals surface area (Å²) in [6.07, 6.45) is 0.331. The molecule has 2 N–H and O–H groups in total. The number of benzene rings is 1. The summed E-state index contributed by atoms with van der Waals surface area (Å²) in [4.78, 5) is 13.3. The second-order valence-electron chi connectivity index (χ2n) is 3.91. The Kier molecular flexibility index (Phi) is 3.19. The molecule has 1 atom stereocenters. The monoisotopic (exact) mass is 236 g/mol. The predicted molar refractivity (Wildman–Crippen MR) is 64.3 cm³/mol. The lowest BCUT2D eigenvalue weighted by molar-refractivity contribution is 0.177. The van der Waals surface area contributed by atoms with Crippen LogP contribution >= 0.6 is 0 Å². The van der Waals surface area contributed by atoms with Gasteiger partial charge in [0, 0.05) is 12.6 Å². The first-order valence-electron chi connectivity index (χ1n) is 5.47. The third-order valence-corrected chi connectivity index (χ3v) is 2.98. The van der Waals surface area contributed by atoms with Crippen LogP contribution in [0.25, 0.3) is 0 Å². The second-order valence-corrected chi connectivity index (χ2v) is 3.91. The van der Waals surface area contributed by atoms with Gasteiger partial charge >= 0.3 is 6.09 Å². The summed E-state index contributed by atoms with van der Waals surface area (Å²) in [6.45, 7) is 0.543. The number of para-hydroxylation sites is 1. The first-order valence-corrected chi connectivity index (χ1v) is 5.47. The number of amides is 1. The van der Waals surface area contributed by atoms with E-state index in [4.69, 9.17) is 15.2 Å². The number of methoxy groups -OCH3 is 2. The van der Waals surface area contributed by atoms with Crippen molar-refractivity contribution < 1.29 is 14.3 Å². The van der Waals surface area contributed by atoms with Gasteiger partial charge in [-0.3, -0.25) is 4.90 Å². The fourth-order valence-corrected chi connectivity index (χ4v) is 2.12. The van der Waals surface area contributed by atoms with E-state index in [9.17, 15) is 4.79 Å². The molecule has 2 rings (SSSR count). The molecule has 1 aliphatic rings. The van der Waals surface area contributed by atoms with Gasteiger partial charge in [0.05, 0.1) is 19.9 Å². The SMILES string of the molecule is COC(=O)N1CCC(N)c2cccc(OC)c21. The molecule has 1 aromatic carbocycles. The van der Waals surface area contributed by atoms with Crippen molar-refractivity contribution in [3.63, 3.8) is 0 Å². The van der Waals surface area contributed by atoms with E-state index < -0.39 is 0 Å². The number of carbonyl (C=O) groups excluding carboxylic acids is 1. The highest BCUT2D eigenvalue weighted by molar-refractivity contribution is 5.91. The number of hydrogen-bond acceptors (Lipinski definition) is 4. The summed E-state index contributed by atoms with van der Waals surface area (Å²) in [5, 5.41) is 0. The largest absolute Gasteiger partial charge is 0.495 e. The molecule has 0 fully saturated rings. The van der Waals surface area contributed by atoms with E-state index in [2.05, 4.69) is 0 Å². The number of ether oxygens (including phenoxy) is 2. The van der Waals surface area contributed by atoms with Crippen molar-refractivity contribution >= 4 is 11.8 Å². The molecule has 0 spiro atoms. The summed E-state index contributed by atoms with van der Waals surface area (Å²) in [6, 6.07) is 5.53. The topological polar surface area (TPSA) is 64.8 Å². The van der Waals surface area contributed by atoms with Gasteiger partial charge in [-0.1, -0.05) is 12.1 Å². The van der Waals surface area contributed by atoms with E-state index in [1.807, 2.05) is 18.2 Å². The van der Waals surface area contributed by atoms with Gasteiger partial charge in [-0.25, -0.2) is 4.79 Å². The molecule has 5 nitrogen and oxygen atoms in total. The average molecular weight is 236 g/mol. The highest BCUT2D eigenvalue weighted by Crippen LogP contribution is 2.39. The van der Waals surface area contributed by atoms with Crippen LogP contribution in [0.5, 0.6) is 5.75 Å². The highest BCUT2D eigenvalue weighted by atomic mass is 16.5. The van der Waals surface area contributed by atoms with E-state index >= 15 is 0 Å². The normalized spacial score (nSPS) is 18.5. The van der Waals surface area contributed by atoms with E-state index in [0.29, 0.717) is 12.3 Å². The molecule has 1 aliphatic heterocycles. The van der Waals surface area contributed by atoms with Gasteiger partial charge in [0.25, 0.3) is 0 Å². The second kappa shape index (κ2) is 4.63. The number of hydrogen-bond donors (Lipinski definition) is 1. The van der Waals surface area contributed by atoms with Crippen molar-refractivity contribution in [1.82, 2.24) is 0 Å². The molecule has 0 aromatic heterocycles. The fourth-order valence-electron chi connectivity index (χ4n) is 2.12. The maximum atomic E-state index is 11.7. The predicted octanol–water partition coefficient (Wildman–Crippen LogP) is 1.67. The van der Waals surface area contributed by atoms with Gasteiger partial charge in [0.1, 0.15) is 5.75 Å². The molecule has 5 heteroatoms. The van der Waals surface area contributed by atoms with Gasteiger partial charge < -0.3 is 15.2 Å². The van der Waals surface area contributed by atoms with Gasteiger partial charge in [-0.15, -0.1) is 0 Å². The average Bonchev–Trinajstić information content (AvgIpc) is 2.38. The Balaban J connectivity index is 2.52. The van der Waals surface area contributed by atoms with Gasteiger partial charge in [0.15, 0.2) is 0 Å². The van der Waals surface area contributed by atoms with Crippen LogP contribution in [0.1, 0.15) is 18.0 Å². The van der Waals surface area contributed by atoms with Crippen LogP contribution < -0.4 is 15.4 Å². The number of rotatable bonds is 1. The van der Waals surface area contributed by atoms with Gasteiger partial charge in [-0.2, -0.15) is 0 Å². The fraction of sp³-hybridized carbons (Fsp3) is 0.417. The Morgan fingerprint density at radius 2 is 2.24 bits per heavy atom. The molecule has 1 unspecified atom stereocenters. The lowest BCUT2D eigenvalue weighted by atomic mass is 9.97. The molecule has 0 radical (unpaired) electrons. The summed E-state index contributed by atoms with van der Waals surface area (Å²) in [5.41, 5.74) is 7.68. The lowest BCUT2D eigenvalue weighted by Crippen LogP contribution is -2.38. The van der Waals surface area contributed by atoms with Crippen LogP contribution in [0, 0.1) is 0 Å². The van der Waals surface area contributed by atoms with Crippen molar-refractivity contribution in [2.45, 2.75) is 12.5 Å². The summed E-state index contributed by atoms with van der Waals surface area (Å²) >= 11 is 0. The Morgan fingerprint density at radius 1 is 1.47 bits per heavy atom. The van der Waals surface area contributed by atoms with Crippen LogP contribution in [0.2, 0.25) is 0 Å². The smallest absolute Gasteiger partial charge is 0.414 e. The maximum absolute atomic E-state index is 11.7. The van der Waals surface area contributed by atoms with Crippen LogP contribution in [0.15, 0.2) is 18.2 Å². The quantitative estimate of drug-likeness (QED) is 0.805. The van der Waals surface area contributed by atoms with Crippen LogP contribution in [-0.2, 0) is 4.74 Å². The number of anilines is 1. The van der Waals surface area contributed by atoms with Crippen LogP contribution in [0.4, 0.5) is 10.5 Å². The minimum absolute atomic E-state index is 0.0685. The number of nitrogens with two attached hydrogens (primary N) is 1. The van der Waals surface area contributed by atoms with E-state index in [1.54, 1.807) is 12.0 Å². The van der Waals surface area contributed by atoms with Crippen molar-refractivity contribution in [3.05, 3.63) is 23.8 Å².